The third kappa shape index (κ3) is 3.50. The summed E-state index contributed by atoms with van der Waals surface area (Å²) in [6.45, 7) is 2.79. The van der Waals surface area contributed by atoms with Crippen molar-refractivity contribution < 1.29 is 4.42 Å². The zero-order valence-electron chi connectivity index (χ0n) is 14.9. The van der Waals surface area contributed by atoms with Crippen LogP contribution in [0.3, 0.4) is 0 Å². The van der Waals surface area contributed by atoms with Crippen molar-refractivity contribution in [3.63, 3.8) is 0 Å². The first-order valence-electron chi connectivity index (χ1n) is 8.53. The summed E-state index contributed by atoms with van der Waals surface area (Å²) < 4.78 is 6.52. The summed E-state index contributed by atoms with van der Waals surface area (Å²) in [6, 6.07) is 11.8. The van der Waals surface area contributed by atoms with Crippen molar-refractivity contribution in [3.8, 4) is 11.3 Å². The third-order valence-corrected chi connectivity index (χ3v) is 6.33. The molecule has 0 aliphatic heterocycles. The van der Waals surface area contributed by atoms with Crippen molar-refractivity contribution in [2.45, 2.75) is 19.5 Å². The molecule has 3 heterocycles. The molecule has 0 spiro atoms. The van der Waals surface area contributed by atoms with Gasteiger partial charge < -0.3 is 9.40 Å². The first kappa shape index (κ1) is 18.2. The Morgan fingerprint density at radius 3 is 2.85 bits per heavy atom. The molecule has 0 fully saturated rings. The number of halogens is 1. The lowest BCUT2D eigenvalue weighted by atomic mass is 10.1. The molecule has 0 saturated heterocycles. The smallest absolute Gasteiger partial charge is 0.260 e. The molecule has 0 amide bonds. The number of hydrogen-bond acceptors (Lipinski definition) is 5. The number of hydrogen-bond donors (Lipinski definition) is 1. The Balaban J connectivity index is 1.66. The number of furan rings is 1. The van der Waals surface area contributed by atoms with Crippen LogP contribution in [0.25, 0.3) is 21.5 Å². The summed E-state index contributed by atoms with van der Waals surface area (Å²) in [4.78, 5) is 23.3. The highest BCUT2D eigenvalue weighted by Gasteiger charge is 2.19. The molecule has 1 atom stereocenters. The van der Waals surface area contributed by atoms with Crippen LogP contribution >= 0.6 is 27.3 Å². The number of rotatable bonds is 5. The molecule has 5 nitrogen and oxygen atoms in total. The van der Waals surface area contributed by atoms with Gasteiger partial charge in [0.25, 0.3) is 5.56 Å². The Bertz CT molecular complexity index is 1130. The number of nitrogens with one attached hydrogen (secondary N) is 1. The Morgan fingerprint density at radius 1 is 1.30 bits per heavy atom. The van der Waals surface area contributed by atoms with Gasteiger partial charge in [0.15, 0.2) is 0 Å². The van der Waals surface area contributed by atoms with Gasteiger partial charge in [-0.05, 0) is 37.7 Å². The Kier molecular flexibility index (Phi) is 4.99. The lowest BCUT2D eigenvalue weighted by molar-refractivity contribution is 0.243. The van der Waals surface area contributed by atoms with Gasteiger partial charge in [-0.2, -0.15) is 0 Å². The number of fused-ring (bicyclic) bond motifs is 1. The number of aromatic nitrogens is 2. The average Bonchev–Trinajstić information content (AvgIpc) is 3.32. The summed E-state index contributed by atoms with van der Waals surface area (Å²) in [5, 5.41) is 2.50. The molecule has 0 aliphatic carbocycles. The molecule has 0 unspecified atom stereocenters. The monoisotopic (exact) mass is 443 g/mol. The molecule has 138 valence electrons. The summed E-state index contributed by atoms with van der Waals surface area (Å²) in [5.41, 5.74) is 1.84. The van der Waals surface area contributed by atoms with E-state index in [1.165, 1.54) is 16.9 Å². The standard InChI is InChI=1S/C20H18BrN3O2S/c1-12(24(2)10-13-6-3-4-7-15(13)21)18-22-19(25)17-14(11-27-20(17)23-18)16-8-5-9-26-16/h3-9,11-12H,10H2,1-2H3,(H,22,23,25)/t12-/m1/s1. The van der Waals surface area contributed by atoms with E-state index in [9.17, 15) is 4.79 Å². The average molecular weight is 444 g/mol. The van der Waals surface area contributed by atoms with Crippen molar-refractivity contribution in [1.82, 2.24) is 14.9 Å². The first-order chi connectivity index (χ1) is 13.0. The predicted octanol–water partition coefficient (Wildman–Crippen LogP) is 5.20. The Hall–Kier alpha value is -2.22. The van der Waals surface area contributed by atoms with Gasteiger partial charge in [0.2, 0.25) is 0 Å². The van der Waals surface area contributed by atoms with Crippen LogP contribution in [0.4, 0.5) is 0 Å². The van der Waals surface area contributed by atoms with Crippen LogP contribution in [0.2, 0.25) is 0 Å². The van der Waals surface area contributed by atoms with E-state index in [1.54, 1.807) is 6.26 Å². The van der Waals surface area contributed by atoms with Crippen LogP contribution in [-0.2, 0) is 6.54 Å². The van der Waals surface area contributed by atoms with Crippen molar-refractivity contribution in [3.05, 3.63) is 74.3 Å². The molecule has 3 aromatic heterocycles. The van der Waals surface area contributed by atoms with Gasteiger partial charge in [-0.25, -0.2) is 4.98 Å². The van der Waals surface area contributed by atoms with Crippen LogP contribution in [0.15, 0.2) is 61.7 Å². The molecular formula is C20H18BrN3O2S. The van der Waals surface area contributed by atoms with Crippen LogP contribution in [0.1, 0.15) is 24.4 Å². The number of benzene rings is 1. The van der Waals surface area contributed by atoms with E-state index in [4.69, 9.17) is 9.40 Å². The maximum atomic E-state index is 12.8. The van der Waals surface area contributed by atoms with E-state index in [0.29, 0.717) is 17.0 Å². The predicted molar refractivity (Wildman–Crippen MR) is 112 cm³/mol. The van der Waals surface area contributed by atoms with Crippen molar-refractivity contribution in [2.75, 3.05) is 7.05 Å². The van der Waals surface area contributed by atoms with E-state index in [0.717, 1.165) is 21.4 Å². The van der Waals surface area contributed by atoms with Gasteiger partial charge >= 0.3 is 0 Å². The lowest BCUT2D eigenvalue weighted by Gasteiger charge is -2.24. The van der Waals surface area contributed by atoms with Gasteiger partial charge in [0, 0.05) is 22.0 Å². The highest BCUT2D eigenvalue weighted by Crippen LogP contribution is 2.31. The largest absolute Gasteiger partial charge is 0.464 e. The van der Waals surface area contributed by atoms with Gasteiger partial charge in [0.05, 0.1) is 17.7 Å². The fourth-order valence-corrected chi connectivity index (χ4v) is 4.36. The fraction of sp³-hybridized carbons (Fsp3) is 0.200. The summed E-state index contributed by atoms with van der Waals surface area (Å²) in [7, 11) is 2.02. The lowest BCUT2D eigenvalue weighted by Crippen LogP contribution is -2.26. The molecule has 0 radical (unpaired) electrons. The quantitative estimate of drug-likeness (QED) is 0.460. The van der Waals surface area contributed by atoms with E-state index in [2.05, 4.69) is 31.9 Å². The second-order valence-electron chi connectivity index (χ2n) is 6.44. The van der Waals surface area contributed by atoms with Gasteiger partial charge in [-0.3, -0.25) is 9.69 Å². The maximum Gasteiger partial charge on any atom is 0.260 e. The summed E-state index contributed by atoms with van der Waals surface area (Å²) in [6.07, 6.45) is 1.60. The van der Waals surface area contributed by atoms with E-state index in [1.807, 2.05) is 49.7 Å². The first-order valence-corrected chi connectivity index (χ1v) is 10.2. The molecule has 0 aliphatic rings. The minimum absolute atomic E-state index is 0.0385. The van der Waals surface area contributed by atoms with Crippen LogP contribution < -0.4 is 5.56 Å². The van der Waals surface area contributed by atoms with Crippen molar-refractivity contribution in [1.29, 1.82) is 0 Å². The number of H-pyrrole nitrogens is 1. The highest BCUT2D eigenvalue weighted by atomic mass is 79.9. The summed E-state index contributed by atoms with van der Waals surface area (Å²) >= 11 is 5.05. The highest BCUT2D eigenvalue weighted by molar-refractivity contribution is 9.10. The fourth-order valence-electron chi connectivity index (χ4n) is 3.02. The second-order valence-corrected chi connectivity index (χ2v) is 8.15. The molecule has 7 heteroatoms. The Labute approximate surface area is 168 Å². The minimum Gasteiger partial charge on any atom is -0.464 e. The van der Waals surface area contributed by atoms with Gasteiger partial charge in [-0.15, -0.1) is 11.3 Å². The van der Waals surface area contributed by atoms with Crippen LogP contribution in [0.5, 0.6) is 0 Å². The SMILES string of the molecule is C[C@H](c1nc2scc(-c3ccco3)c2c(=O)[nH]1)N(C)Cc1ccccc1Br. The molecule has 4 aromatic rings. The normalized spacial score (nSPS) is 12.7. The van der Waals surface area contributed by atoms with Gasteiger partial charge in [0.1, 0.15) is 16.4 Å². The molecule has 4 rings (SSSR count). The molecular weight excluding hydrogens is 426 g/mol. The van der Waals surface area contributed by atoms with Crippen LogP contribution in [0, 0.1) is 0 Å². The molecule has 0 bridgehead atoms. The van der Waals surface area contributed by atoms with Gasteiger partial charge in [-0.1, -0.05) is 34.1 Å². The third-order valence-electron chi connectivity index (χ3n) is 4.68. The second kappa shape index (κ2) is 7.42. The molecule has 0 saturated carbocycles. The maximum absolute atomic E-state index is 12.8. The Morgan fingerprint density at radius 2 is 2.11 bits per heavy atom. The van der Waals surface area contributed by atoms with Crippen molar-refractivity contribution >= 4 is 37.5 Å². The van der Waals surface area contributed by atoms with Crippen LogP contribution in [-0.4, -0.2) is 21.9 Å². The van der Waals surface area contributed by atoms with E-state index in [-0.39, 0.29) is 11.6 Å². The zero-order valence-corrected chi connectivity index (χ0v) is 17.3. The number of nitrogens with zero attached hydrogens (tertiary/aromatic N) is 2. The zero-order chi connectivity index (χ0) is 19.0. The van der Waals surface area contributed by atoms with Crippen molar-refractivity contribution in [2.24, 2.45) is 0 Å². The topological polar surface area (TPSA) is 62.1 Å². The molecule has 27 heavy (non-hydrogen) atoms. The van der Waals surface area contributed by atoms with E-state index < -0.39 is 0 Å². The summed E-state index contributed by atoms with van der Waals surface area (Å²) in [5.74, 6) is 1.34. The number of aromatic amines is 1. The molecule has 1 N–H and O–H groups in total. The minimum atomic E-state index is -0.135. The molecule has 1 aromatic carbocycles. The number of thiophene rings is 1. The van der Waals surface area contributed by atoms with E-state index >= 15 is 0 Å².